The molecule has 2 amide bonds. The summed E-state index contributed by atoms with van der Waals surface area (Å²) in [5.41, 5.74) is -0.146. The molecule has 2 aliphatic rings. The number of carbonyl (C=O) groups excluding carboxylic acids is 2. The number of aliphatic hydroxyl groups is 1. The molecule has 0 saturated heterocycles. The molecule has 12 heteroatoms. The number of amides is 2. The summed E-state index contributed by atoms with van der Waals surface area (Å²) in [6, 6.07) is 11.1. The van der Waals surface area contributed by atoms with Crippen molar-refractivity contribution >= 4 is 29.6 Å². The van der Waals surface area contributed by atoms with E-state index in [1.165, 1.54) is 17.2 Å². The lowest BCUT2D eigenvalue weighted by atomic mass is 9.86. The highest BCUT2D eigenvalue weighted by Gasteiger charge is 2.48. The molecule has 0 fully saturated rings. The monoisotopic (exact) mass is 481 g/mol. The van der Waals surface area contributed by atoms with Crippen LogP contribution < -0.4 is 10.1 Å². The summed E-state index contributed by atoms with van der Waals surface area (Å²) in [5, 5.41) is 30.9. The van der Waals surface area contributed by atoms with E-state index in [0.717, 1.165) is 5.01 Å². The Labute approximate surface area is 199 Å². The number of fused-ring (bicyclic) bond motifs is 1. The SMILES string of the molecule is O=C(NCc1cc(Cl)ccc1-n1cnnn1)C1CC=NN1C(=O)C1(O)CCOc2ccccc21. The van der Waals surface area contributed by atoms with Gasteiger partial charge in [-0.05, 0) is 40.3 Å². The molecular weight excluding hydrogens is 462 g/mol. The van der Waals surface area contributed by atoms with Gasteiger partial charge in [-0.2, -0.15) is 5.10 Å². The van der Waals surface area contributed by atoms with Crippen molar-refractivity contribution < 1.29 is 19.4 Å². The Morgan fingerprint density at radius 3 is 2.94 bits per heavy atom. The van der Waals surface area contributed by atoms with E-state index in [2.05, 4.69) is 25.9 Å². The molecule has 11 nitrogen and oxygen atoms in total. The maximum Gasteiger partial charge on any atom is 0.280 e. The Morgan fingerprint density at radius 2 is 2.12 bits per heavy atom. The van der Waals surface area contributed by atoms with Gasteiger partial charge in [0.25, 0.3) is 5.91 Å². The number of carbonyl (C=O) groups is 2. The number of nitrogens with one attached hydrogen (secondary N) is 1. The van der Waals surface area contributed by atoms with Gasteiger partial charge in [0.2, 0.25) is 5.91 Å². The standard InChI is InChI=1S/C22H20ClN7O4/c23-15-5-6-17(29-13-25-27-28-29)14(11-15)12-24-20(31)18-7-9-26-30(18)21(32)22(33)8-10-34-19-4-2-1-3-16(19)22/h1-6,9,11,13,18,33H,7-8,10,12H2,(H,24,31). The normalized spacial score (nSPS) is 21.1. The van der Waals surface area contributed by atoms with Crippen molar-refractivity contribution in [3.63, 3.8) is 0 Å². The molecule has 0 spiro atoms. The van der Waals surface area contributed by atoms with Gasteiger partial charge in [-0.15, -0.1) is 5.10 Å². The van der Waals surface area contributed by atoms with Crippen molar-refractivity contribution in [3.05, 3.63) is 64.9 Å². The first-order valence-corrected chi connectivity index (χ1v) is 11.0. The van der Waals surface area contributed by atoms with E-state index < -0.39 is 23.5 Å². The van der Waals surface area contributed by atoms with Gasteiger partial charge in [0.05, 0.1) is 12.3 Å². The number of rotatable bonds is 5. The zero-order chi connectivity index (χ0) is 23.7. The second-order valence-electron chi connectivity index (χ2n) is 7.90. The average Bonchev–Trinajstić information content (AvgIpc) is 3.55. The van der Waals surface area contributed by atoms with Crippen molar-refractivity contribution in [2.45, 2.75) is 31.0 Å². The van der Waals surface area contributed by atoms with E-state index in [4.69, 9.17) is 16.3 Å². The number of benzene rings is 2. The highest BCUT2D eigenvalue weighted by Crippen LogP contribution is 2.39. The van der Waals surface area contributed by atoms with Crippen LogP contribution in [0.5, 0.6) is 5.75 Å². The van der Waals surface area contributed by atoms with Gasteiger partial charge in [-0.1, -0.05) is 29.8 Å². The summed E-state index contributed by atoms with van der Waals surface area (Å²) in [5.74, 6) is -0.656. The number of ether oxygens (including phenoxy) is 1. The quantitative estimate of drug-likeness (QED) is 0.558. The number of para-hydroxylation sites is 1. The maximum atomic E-state index is 13.4. The van der Waals surface area contributed by atoms with Crippen molar-refractivity contribution in [2.24, 2.45) is 5.10 Å². The van der Waals surface area contributed by atoms with Crippen LogP contribution in [0.15, 0.2) is 53.9 Å². The first-order chi connectivity index (χ1) is 16.5. The molecule has 34 heavy (non-hydrogen) atoms. The number of halogens is 1. The van der Waals surface area contributed by atoms with E-state index in [1.807, 2.05) is 0 Å². The van der Waals surface area contributed by atoms with Gasteiger partial charge >= 0.3 is 0 Å². The van der Waals surface area contributed by atoms with Crippen LogP contribution in [0.25, 0.3) is 5.69 Å². The minimum absolute atomic E-state index is 0.0566. The first kappa shape index (κ1) is 22.0. The molecule has 1 aromatic heterocycles. The maximum absolute atomic E-state index is 13.4. The predicted octanol–water partition coefficient (Wildman–Crippen LogP) is 1.19. The van der Waals surface area contributed by atoms with Crippen molar-refractivity contribution in [1.29, 1.82) is 0 Å². The molecule has 0 radical (unpaired) electrons. The number of hydrazone groups is 1. The van der Waals surface area contributed by atoms with Gasteiger partial charge in [-0.25, -0.2) is 9.69 Å². The Morgan fingerprint density at radius 1 is 1.26 bits per heavy atom. The van der Waals surface area contributed by atoms with E-state index in [0.29, 0.717) is 27.6 Å². The van der Waals surface area contributed by atoms with Crippen LogP contribution in [0.2, 0.25) is 5.02 Å². The smallest absolute Gasteiger partial charge is 0.280 e. The second-order valence-corrected chi connectivity index (χ2v) is 8.34. The third kappa shape index (κ3) is 3.88. The molecule has 2 unspecified atom stereocenters. The minimum Gasteiger partial charge on any atom is -0.493 e. The van der Waals surface area contributed by atoms with Crippen LogP contribution in [0.1, 0.15) is 24.0 Å². The van der Waals surface area contributed by atoms with Crippen LogP contribution in [-0.2, 0) is 21.7 Å². The van der Waals surface area contributed by atoms with Crippen LogP contribution in [0.3, 0.4) is 0 Å². The van der Waals surface area contributed by atoms with Crippen LogP contribution in [0.4, 0.5) is 0 Å². The third-order valence-electron chi connectivity index (χ3n) is 5.84. The van der Waals surface area contributed by atoms with Gasteiger partial charge in [0.1, 0.15) is 18.1 Å². The second kappa shape index (κ2) is 8.84. The number of nitrogens with zero attached hydrogens (tertiary/aromatic N) is 6. The van der Waals surface area contributed by atoms with Gasteiger partial charge in [-0.3, -0.25) is 9.59 Å². The fourth-order valence-corrected chi connectivity index (χ4v) is 4.30. The van der Waals surface area contributed by atoms with E-state index in [-0.39, 0.29) is 26.0 Å². The molecule has 3 heterocycles. The minimum atomic E-state index is -1.84. The van der Waals surface area contributed by atoms with Crippen molar-refractivity contribution in [3.8, 4) is 11.4 Å². The molecule has 3 aromatic rings. The molecule has 174 valence electrons. The highest BCUT2D eigenvalue weighted by atomic mass is 35.5. The Hall–Kier alpha value is -3.83. The molecule has 2 atom stereocenters. The van der Waals surface area contributed by atoms with Gasteiger partial charge in [0, 0.05) is 36.2 Å². The largest absolute Gasteiger partial charge is 0.493 e. The fraction of sp³-hybridized carbons (Fsp3) is 0.273. The summed E-state index contributed by atoms with van der Waals surface area (Å²) in [7, 11) is 0. The number of hydrogen-bond acceptors (Lipinski definition) is 8. The molecule has 2 N–H and O–H groups in total. The predicted molar refractivity (Wildman–Crippen MR) is 120 cm³/mol. The third-order valence-corrected chi connectivity index (χ3v) is 6.07. The molecule has 2 aliphatic heterocycles. The van der Waals surface area contributed by atoms with Crippen LogP contribution in [-0.4, -0.2) is 61.0 Å². The summed E-state index contributed by atoms with van der Waals surface area (Å²) in [4.78, 5) is 26.5. The van der Waals surface area contributed by atoms with Crippen LogP contribution in [0, 0.1) is 0 Å². The Kier molecular flexibility index (Phi) is 5.72. The van der Waals surface area contributed by atoms with Crippen molar-refractivity contribution in [2.75, 3.05) is 6.61 Å². The van der Waals surface area contributed by atoms with Crippen molar-refractivity contribution in [1.82, 2.24) is 30.5 Å². The van der Waals surface area contributed by atoms with E-state index in [1.54, 1.807) is 42.5 Å². The first-order valence-electron chi connectivity index (χ1n) is 10.6. The molecule has 0 saturated carbocycles. The number of tetrazole rings is 1. The Bertz CT molecular complexity index is 1270. The summed E-state index contributed by atoms with van der Waals surface area (Å²) < 4.78 is 7.03. The summed E-state index contributed by atoms with van der Waals surface area (Å²) >= 11 is 6.14. The average molecular weight is 482 g/mol. The zero-order valence-electron chi connectivity index (χ0n) is 17.8. The topological polar surface area (TPSA) is 135 Å². The number of aromatic nitrogens is 4. The highest BCUT2D eigenvalue weighted by molar-refractivity contribution is 6.30. The fourth-order valence-electron chi connectivity index (χ4n) is 4.11. The van der Waals surface area contributed by atoms with E-state index in [9.17, 15) is 14.7 Å². The van der Waals surface area contributed by atoms with Crippen LogP contribution >= 0.6 is 11.6 Å². The molecule has 0 bridgehead atoms. The lowest BCUT2D eigenvalue weighted by Crippen LogP contribution is -2.53. The molecule has 0 aliphatic carbocycles. The van der Waals surface area contributed by atoms with Gasteiger partial charge in [0.15, 0.2) is 5.60 Å². The Balaban J connectivity index is 1.33. The molecule has 2 aromatic carbocycles. The molecular formula is C22H20ClN7O4. The molecule has 5 rings (SSSR count). The van der Waals surface area contributed by atoms with E-state index >= 15 is 0 Å². The zero-order valence-corrected chi connectivity index (χ0v) is 18.6. The lowest BCUT2D eigenvalue weighted by molar-refractivity contribution is -0.159. The number of hydrogen-bond donors (Lipinski definition) is 2. The lowest BCUT2D eigenvalue weighted by Gasteiger charge is -2.36. The summed E-state index contributed by atoms with van der Waals surface area (Å²) in [6.07, 6.45) is 3.21. The van der Waals surface area contributed by atoms with Gasteiger partial charge < -0.3 is 15.2 Å². The summed E-state index contributed by atoms with van der Waals surface area (Å²) in [6.45, 7) is 0.288.